The molecule has 1 aromatic rings. The largest absolute Gasteiger partial charge is 0.427 e. The van der Waals surface area contributed by atoms with E-state index in [4.69, 9.17) is 0 Å². The molecule has 0 fully saturated rings. The number of para-hydroxylation sites is 2. The van der Waals surface area contributed by atoms with Crippen molar-refractivity contribution in [1.29, 1.82) is 0 Å². The van der Waals surface area contributed by atoms with E-state index in [-0.39, 0.29) is 0 Å². The number of benzene rings is 1. The van der Waals surface area contributed by atoms with Gasteiger partial charge in [-0.05, 0) is 19.1 Å². The Kier molecular flexibility index (Phi) is 5.57. The van der Waals surface area contributed by atoms with Crippen LogP contribution in [0.2, 0.25) is 0 Å². The summed E-state index contributed by atoms with van der Waals surface area (Å²) in [5.74, 6) is 0.546. The van der Waals surface area contributed by atoms with Gasteiger partial charge in [0.05, 0.1) is 11.4 Å². The van der Waals surface area contributed by atoms with Gasteiger partial charge >= 0.3 is 0 Å². The number of hydrogen-bond acceptors (Lipinski definition) is 5. The van der Waals surface area contributed by atoms with E-state index in [0.717, 1.165) is 24.4 Å². The second-order valence-corrected chi connectivity index (χ2v) is 3.37. The predicted octanol–water partition coefficient (Wildman–Crippen LogP) is 2.05. The maximum absolute atomic E-state index is 9.99. The van der Waals surface area contributed by atoms with Crippen LogP contribution in [0, 0.1) is 0 Å². The fraction of sp³-hybridized carbons (Fsp3) is 0.333. The van der Waals surface area contributed by atoms with Crippen molar-refractivity contribution >= 4 is 17.9 Å². The minimum absolute atomic E-state index is 0.413. The lowest BCUT2D eigenvalue weighted by Gasteiger charge is -2.04. The molecule has 0 atom stereocenters. The second-order valence-electron chi connectivity index (χ2n) is 3.37. The van der Waals surface area contributed by atoms with Crippen molar-refractivity contribution in [2.75, 3.05) is 19.0 Å². The summed E-state index contributed by atoms with van der Waals surface area (Å²) in [7, 11) is 1.77. The molecule has 0 amide bonds. The molecule has 0 aliphatic carbocycles. The van der Waals surface area contributed by atoms with Crippen molar-refractivity contribution in [3.63, 3.8) is 0 Å². The monoisotopic (exact) mass is 236 g/mol. The van der Waals surface area contributed by atoms with Gasteiger partial charge in [-0.2, -0.15) is 0 Å². The van der Waals surface area contributed by atoms with E-state index >= 15 is 0 Å². The lowest BCUT2D eigenvalue weighted by Crippen LogP contribution is -1.94. The van der Waals surface area contributed by atoms with Crippen LogP contribution in [0.3, 0.4) is 0 Å². The first-order chi connectivity index (χ1) is 8.27. The van der Waals surface area contributed by atoms with Gasteiger partial charge in [0.2, 0.25) is 0 Å². The molecule has 0 bridgehead atoms. The zero-order valence-electron chi connectivity index (χ0n) is 9.97. The number of carbonyl (C=O) groups excluding carboxylic acids is 1. The summed E-state index contributed by atoms with van der Waals surface area (Å²) in [5.41, 5.74) is 1.91. The summed E-state index contributed by atoms with van der Waals surface area (Å²) < 4.78 is 4.68. The average molecular weight is 236 g/mol. The van der Waals surface area contributed by atoms with E-state index < -0.39 is 0 Å². The summed E-state index contributed by atoms with van der Waals surface area (Å²) in [5, 5.41) is 6.55. The lowest BCUT2D eigenvalue weighted by atomic mass is 10.3. The van der Waals surface area contributed by atoms with Crippen molar-refractivity contribution in [2.45, 2.75) is 13.3 Å². The molecule has 0 saturated heterocycles. The molecule has 92 valence electrons. The molecule has 5 nitrogen and oxygen atoms in total. The van der Waals surface area contributed by atoms with Crippen LogP contribution in [-0.2, 0) is 9.63 Å². The van der Waals surface area contributed by atoms with Crippen molar-refractivity contribution < 1.29 is 14.4 Å². The number of nitrogens with zero attached hydrogens (tertiary/aromatic N) is 1. The van der Waals surface area contributed by atoms with Gasteiger partial charge in [0.15, 0.2) is 5.75 Å². The number of rotatable bonds is 3. The molecule has 0 aromatic heterocycles. The SMILES string of the molecule is CC1=NOCC1.CNc1ccccc1OC=O. The topological polar surface area (TPSA) is 59.9 Å². The molecule has 0 saturated carbocycles. The molecule has 2 rings (SSSR count). The third-order valence-corrected chi connectivity index (χ3v) is 2.11. The summed E-state index contributed by atoms with van der Waals surface area (Å²) >= 11 is 0. The van der Waals surface area contributed by atoms with Gasteiger partial charge in [0.25, 0.3) is 6.47 Å². The quantitative estimate of drug-likeness (QED) is 0.816. The third kappa shape index (κ3) is 4.55. The van der Waals surface area contributed by atoms with Crippen molar-refractivity contribution in [2.24, 2.45) is 5.16 Å². The van der Waals surface area contributed by atoms with Gasteiger partial charge in [-0.3, -0.25) is 4.79 Å². The number of nitrogens with one attached hydrogen (secondary N) is 1. The summed E-state index contributed by atoms with van der Waals surface area (Å²) in [6.07, 6.45) is 1.01. The van der Waals surface area contributed by atoms with Crippen LogP contribution in [0.5, 0.6) is 5.75 Å². The highest BCUT2D eigenvalue weighted by atomic mass is 16.6. The van der Waals surface area contributed by atoms with Crippen LogP contribution in [-0.4, -0.2) is 25.8 Å². The Morgan fingerprint density at radius 2 is 2.24 bits per heavy atom. The van der Waals surface area contributed by atoms with Gasteiger partial charge < -0.3 is 14.9 Å². The van der Waals surface area contributed by atoms with E-state index in [1.54, 1.807) is 19.2 Å². The zero-order valence-corrected chi connectivity index (χ0v) is 9.97. The Morgan fingerprint density at radius 3 is 2.71 bits per heavy atom. The summed E-state index contributed by atoms with van der Waals surface area (Å²) in [6.45, 7) is 3.16. The first kappa shape index (κ1) is 13.0. The Labute approximate surface area is 100 Å². The fourth-order valence-corrected chi connectivity index (χ4v) is 1.22. The third-order valence-electron chi connectivity index (χ3n) is 2.11. The first-order valence-electron chi connectivity index (χ1n) is 5.30. The highest BCUT2D eigenvalue weighted by Crippen LogP contribution is 2.21. The molecule has 1 N–H and O–H groups in total. The zero-order chi connectivity index (χ0) is 12.5. The Morgan fingerprint density at radius 1 is 1.47 bits per heavy atom. The van der Waals surface area contributed by atoms with Crippen LogP contribution in [0.1, 0.15) is 13.3 Å². The molecular formula is C12H16N2O3. The number of carbonyl (C=O) groups is 1. The highest BCUT2D eigenvalue weighted by Gasteiger charge is 1.98. The molecule has 0 unspecified atom stereocenters. The summed E-state index contributed by atoms with van der Waals surface area (Å²) in [4.78, 5) is 14.6. The standard InChI is InChI=1S/C8H9NO2.C4H7NO/c1-9-7-4-2-3-5-8(7)11-6-10;1-4-2-3-6-5-4/h2-6,9H,1H3;2-3H2,1H3. The van der Waals surface area contributed by atoms with E-state index in [9.17, 15) is 4.79 Å². The minimum Gasteiger partial charge on any atom is -0.427 e. The molecule has 17 heavy (non-hydrogen) atoms. The molecule has 0 spiro atoms. The molecule has 0 radical (unpaired) electrons. The average Bonchev–Trinajstić information content (AvgIpc) is 2.82. The molecule has 1 heterocycles. The van der Waals surface area contributed by atoms with E-state index in [1.807, 2.05) is 19.1 Å². The minimum atomic E-state index is 0.413. The normalized spacial score (nSPS) is 12.7. The first-order valence-corrected chi connectivity index (χ1v) is 5.30. The Balaban J connectivity index is 0.000000202. The van der Waals surface area contributed by atoms with Gasteiger partial charge in [-0.1, -0.05) is 17.3 Å². The number of oxime groups is 1. The van der Waals surface area contributed by atoms with Gasteiger partial charge in [0, 0.05) is 13.5 Å². The predicted molar refractivity (Wildman–Crippen MR) is 66.4 cm³/mol. The smallest absolute Gasteiger partial charge is 0.298 e. The fourth-order valence-electron chi connectivity index (χ4n) is 1.22. The molecule has 1 aliphatic rings. The lowest BCUT2D eigenvalue weighted by molar-refractivity contribution is -0.120. The van der Waals surface area contributed by atoms with E-state index in [0.29, 0.717) is 12.2 Å². The van der Waals surface area contributed by atoms with Crippen LogP contribution in [0.15, 0.2) is 29.4 Å². The maximum Gasteiger partial charge on any atom is 0.298 e. The molecule has 1 aromatic carbocycles. The van der Waals surface area contributed by atoms with Crippen molar-refractivity contribution in [3.05, 3.63) is 24.3 Å². The van der Waals surface area contributed by atoms with Crippen LogP contribution < -0.4 is 10.1 Å². The van der Waals surface area contributed by atoms with Crippen LogP contribution >= 0.6 is 0 Å². The number of ether oxygens (including phenoxy) is 1. The summed E-state index contributed by atoms with van der Waals surface area (Å²) in [6, 6.07) is 7.22. The van der Waals surface area contributed by atoms with Crippen LogP contribution in [0.25, 0.3) is 0 Å². The maximum atomic E-state index is 9.99. The second kappa shape index (κ2) is 7.27. The number of anilines is 1. The Hall–Kier alpha value is -2.04. The molecule has 1 aliphatic heterocycles. The van der Waals surface area contributed by atoms with Crippen LogP contribution in [0.4, 0.5) is 5.69 Å². The number of hydrogen-bond donors (Lipinski definition) is 1. The van der Waals surface area contributed by atoms with Crippen molar-refractivity contribution in [1.82, 2.24) is 0 Å². The van der Waals surface area contributed by atoms with Gasteiger partial charge in [-0.25, -0.2) is 0 Å². The van der Waals surface area contributed by atoms with Gasteiger partial charge in [-0.15, -0.1) is 0 Å². The molecular weight excluding hydrogens is 220 g/mol. The highest BCUT2D eigenvalue weighted by molar-refractivity contribution is 5.82. The Bertz CT molecular complexity index is 391. The van der Waals surface area contributed by atoms with E-state index in [1.165, 1.54) is 0 Å². The van der Waals surface area contributed by atoms with E-state index in [2.05, 4.69) is 20.0 Å². The molecule has 5 heteroatoms. The van der Waals surface area contributed by atoms with Gasteiger partial charge in [0.1, 0.15) is 6.61 Å². The van der Waals surface area contributed by atoms with Crippen molar-refractivity contribution in [3.8, 4) is 5.75 Å².